The first kappa shape index (κ1) is 14.5. The Kier molecular flexibility index (Phi) is 9.65. The normalized spacial score (nSPS) is 9.67. The van der Waals surface area contributed by atoms with E-state index in [1.165, 1.54) is 44.1 Å². The maximum absolute atomic E-state index is 5.43. The fraction of sp³-hybridized carbons (Fsp3) is 0.538. The van der Waals surface area contributed by atoms with Crippen LogP contribution in [0.25, 0.3) is 0 Å². The summed E-state index contributed by atoms with van der Waals surface area (Å²) in [6, 6.07) is 10.7. The molecule has 0 aliphatic rings. The van der Waals surface area contributed by atoms with Gasteiger partial charge in [0.05, 0.1) is 0 Å². The molecule has 1 rings (SSSR count). The van der Waals surface area contributed by atoms with Gasteiger partial charge in [0.2, 0.25) is 0 Å². The summed E-state index contributed by atoms with van der Waals surface area (Å²) in [4.78, 5) is 0. The van der Waals surface area contributed by atoms with Crippen molar-refractivity contribution < 1.29 is 0 Å². The summed E-state index contributed by atoms with van der Waals surface area (Å²) < 4.78 is 0. The van der Waals surface area contributed by atoms with Gasteiger partial charge in [-0.15, -0.1) is 12.4 Å². The first-order chi connectivity index (χ1) is 6.93. The lowest BCUT2D eigenvalue weighted by atomic mass is 10.1. The minimum absolute atomic E-state index is 0. The number of aryl methyl sites for hydroxylation is 1. The van der Waals surface area contributed by atoms with Crippen LogP contribution < -0.4 is 5.73 Å². The summed E-state index contributed by atoms with van der Waals surface area (Å²) in [5, 5.41) is 0. The van der Waals surface area contributed by atoms with E-state index in [2.05, 4.69) is 30.3 Å². The third kappa shape index (κ3) is 7.40. The quantitative estimate of drug-likeness (QED) is 0.709. The van der Waals surface area contributed by atoms with Gasteiger partial charge in [-0.25, -0.2) is 0 Å². The van der Waals surface area contributed by atoms with Crippen molar-refractivity contribution in [1.29, 1.82) is 0 Å². The van der Waals surface area contributed by atoms with Gasteiger partial charge >= 0.3 is 0 Å². The molecule has 1 aromatic carbocycles. The maximum Gasteiger partial charge on any atom is -0.00773 e. The van der Waals surface area contributed by atoms with E-state index in [1.807, 2.05) is 0 Å². The molecule has 0 fully saturated rings. The second-order valence-corrected chi connectivity index (χ2v) is 3.79. The Bertz CT molecular complexity index is 223. The fourth-order valence-electron chi connectivity index (χ4n) is 1.65. The van der Waals surface area contributed by atoms with Crippen LogP contribution >= 0.6 is 12.4 Å². The molecule has 2 N–H and O–H groups in total. The van der Waals surface area contributed by atoms with E-state index in [4.69, 9.17) is 5.73 Å². The van der Waals surface area contributed by atoms with Gasteiger partial charge in [0, 0.05) is 0 Å². The summed E-state index contributed by atoms with van der Waals surface area (Å²) in [6.45, 7) is 0.846. The Labute approximate surface area is 99.5 Å². The second-order valence-electron chi connectivity index (χ2n) is 3.79. The molecular formula is C13H22ClN. The predicted octanol–water partition coefficient (Wildman–Crippen LogP) is 3.56. The zero-order valence-electron chi connectivity index (χ0n) is 9.32. The Morgan fingerprint density at radius 3 is 2.07 bits per heavy atom. The molecule has 0 radical (unpaired) electrons. The van der Waals surface area contributed by atoms with Gasteiger partial charge in [-0.3, -0.25) is 0 Å². The van der Waals surface area contributed by atoms with Crippen molar-refractivity contribution in [1.82, 2.24) is 0 Å². The summed E-state index contributed by atoms with van der Waals surface area (Å²) >= 11 is 0. The van der Waals surface area contributed by atoms with Crippen LogP contribution in [0, 0.1) is 0 Å². The summed E-state index contributed by atoms with van der Waals surface area (Å²) in [6.07, 6.45) is 7.70. The SMILES string of the molecule is Cl.NCCCCCCCc1ccccc1. The number of nitrogens with two attached hydrogens (primary N) is 1. The highest BCUT2D eigenvalue weighted by Gasteiger charge is 1.92. The molecule has 0 spiro atoms. The Balaban J connectivity index is 0.00000196. The molecule has 0 atom stereocenters. The van der Waals surface area contributed by atoms with Crippen LogP contribution in [0.4, 0.5) is 0 Å². The fourth-order valence-corrected chi connectivity index (χ4v) is 1.65. The number of hydrogen-bond acceptors (Lipinski definition) is 1. The lowest BCUT2D eigenvalue weighted by molar-refractivity contribution is 0.618. The van der Waals surface area contributed by atoms with Crippen molar-refractivity contribution in [2.24, 2.45) is 5.73 Å². The van der Waals surface area contributed by atoms with Crippen molar-refractivity contribution in [3.63, 3.8) is 0 Å². The van der Waals surface area contributed by atoms with Gasteiger partial charge in [-0.05, 0) is 31.4 Å². The van der Waals surface area contributed by atoms with Crippen LogP contribution in [0.1, 0.15) is 37.7 Å². The smallest absolute Gasteiger partial charge is 0.00773 e. The molecule has 0 aromatic heterocycles. The molecule has 15 heavy (non-hydrogen) atoms. The summed E-state index contributed by atoms with van der Waals surface area (Å²) in [5.74, 6) is 0. The maximum atomic E-state index is 5.43. The highest BCUT2D eigenvalue weighted by molar-refractivity contribution is 5.85. The van der Waals surface area contributed by atoms with Crippen molar-refractivity contribution >= 4 is 12.4 Å². The van der Waals surface area contributed by atoms with Crippen LogP contribution in [-0.2, 0) is 6.42 Å². The van der Waals surface area contributed by atoms with Crippen molar-refractivity contribution in [3.8, 4) is 0 Å². The number of benzene rings is 1. The molecule has 2 heteroatoms. The minimum atomic E-state index is 0. The summed E-state index contributed by atoms with van der Waals surface area (Å²) in [7, 11) is 0. The minimum Gasteiger partial charge on any atom is -0.330 e. The van der Waals surface area contributed by atoms with Gasteiger partial charge in [0.15, 0.2) is 0 Å². The Hall–Kier alpha value is -0.530. The average molecular weight is 228 g/mol. The molecule has 0 amide bonds. The molecule has 0 aliphatic heterocycles. The molecule has 0 saturated carbocycles. The van der Waals surface area contributed by atoms with Crippen molar-refractivity contribution in [2.75, 3.05) is 6.54 Å². The molecule has 0 bridgehead atoms. The van der Waals surface area contributed by atoms with Crippen molar-refractivity contribution in [2.45, 2.75) is 38.5 Å². The average Bonchev–Trinajstić information content (AvgIpc) is 2.25. The number of halogens is 1. The molecule has 0 unspecified atom stereocenters. The van der Waals surface area contributed by atoms with E-state index in [-0.39, 0.29) is 12.4 Å². The van der Waals surface area contributed by atoms with Crippen LogP contribution in [0.3, 0.4) is 0 Å². The molecular weight excluding hydrogens is 206 g/mol. The van der Waals surface area contributed by atoms with Crippen LogP contribution in [0.15, 0.2) is 30.3 Å². The van der Waals surface area contributed by atoms with Gasteiger partial charge in [0.1, 0.15) is 0 Å². The highest BCUT2D eigenvalue weighted by Crippen LogP contribution is 2.08. The number of hydrogen-bond donors (Lipinski definition) is 1. The van der Waals surface area contributed by atoms with Gasteiger partial charge in [0.25, 0.3) is 0 Å². The topological polar surface area (TPSA) is 26.0 Å². The Morgan fingerprint density at radius 1 is 0.800 bits per heavy atom. The van der Waals surface area contributed by atoms with Crippen molar-refractivity contribution in [3.05, 3.63) is 35.9 Å². The van der Waals surface area contributed by atoms with E-state index < -0.39 is 0 Å². The van der Waals surface area contributed by atoms with E-state index in [9.17, 15) is 0 Å². The molecule has 0 aliphatic carbocycles. The number of rotatable bonds is 7. The molecule has 0 saturated heterocycles. The van der Waals surface area contributed by atoms with Gasteiger partial charge in [-0.2, -0.15) is 0 Å². The molecule has 86 valence electrons. The molecule has 0 heterocycles. The van der Waals surface area contributed by atoms with Gasteiger partial charge in [-0.1, -0.05) is 49.6 Å². The van der Waals surface area contributed by atoms with E-state index in [0.717, 1.165) is 6.54 Å². The lowest BCUT2D eigenvalue weighted by Gasteiger charge is -2.01. The van der Waals surface area contributed by atoms with E-state index in [1.54, 1.807) is 0 Å². The first-order valence-corrected chi connectivity index (χ1v) is 5.67. The predicted molar refractivity (Wildman–Crippen MR) is 69.5 cm³/mol. The van der Waals surface area contributed by atoms with Gasteiger partial charge < -0.3 is 5.73 Å². The monoisotopic (exact) mass is 227 g/mol. The standard InChI is InChI=1S/C13H21N.ClH/c14-12-8-3-1-2-5-9-13-10-6-4-7-11-13;/h4,6-7,10-11H,1-3,5,8-9,12,14H2;1H. The van der Waals surface area contributed by atoms with Crippen LogP contribution in [0.2, 0.25) is 0 Å². The van der Waals surface area contributed by atoms with E-state index in [0.29, 0.717) is 0 Å². The second kappa shape index (κ2) is 10.0. The molecule has 1 aromatic rings. The zero-order chi connectivity index (χ0) is 10.1. The lowest BCUT2D eigenvalue weighted by Crippen LogP contribution is -1.97. The third-order valence-corrected chi connectivity index (χ3v) is 2.51. The number of unbranched alkanes of at least 4 members (excludes halogenated alkanes) is 4. The highest BCUT2D eigenvalue weighted by atomic mass is 35.5. The van der Waals surface area contributed by atoms with Crippen LogP contribution in [0.5, 0.6) is 0 Å². The Morgan fingerprint density at radius 2 is 1.40 bits per heavy atom. The zero-order valence-corrected chi connectivity index (χ0v) is 10.1. The third-order valence-electron chi connectivity index (χ3n) is 2.51. The first-order valence-electron chi connectivity index (χ1n) is 5.67. The largest absolute Gasteiger partial charge is 0.330 e. The van der Waals surface area contributed by atoms with E-state index >= 15 is 0 Å². The molecule has 1 nitrogen and oxygen atoms in total. The summed E-state index contributed by atoms with van der Waals surface area (Å²) in [5.41, 5.74) is 6.90. The van der Waals surface area contributed by atoms with Crippen LogP contribution in [-0.4, -0.2) is 6.54 Å².